The molecule has 0 radical (unpaired) electrons. The van der Waals surface area contributed by atoms with Crippen molar-refractivity contribution in [1.29, 1.82) is 0 Å². The summed E-state index contributed by atoms with van der Waals surface area (Å²) >= 11 is 0. The Kier molecular flexibility index (Phi) is 11.9. The van der Waals surface area contributed by atoms with Gasteiger partial charge in [-0.1, -0.05) is 12.2 Å². The number of anilines is 2. The molecule has 0 atom stereocenters. The first kappa shape index (κ1) is 37.3. The van der Waals surface area contributed by atoms with Crippen molar-refractivity contribution in [3.63, 3.8) is 0 Å². The molecule has 282 valence electrons. The average Bonchev–Trinajstić information content (AvgIpc) is 3.84. The van der Waals surface area contributed by atoms with E-state index < -0.39 is 5.91 Å². The quantitative estimate of drug-likeness (QED) is 0.0815. The Bertz CT molecular complexity index is 2110. The number of nitrogens with one attached hydrogen (secondary N) is 3. The van der Waals surface area contributed by atoms with Gasteiger partial charge < -0.3 is 39.7 Å². The number of aryl methyl sites for hydroxylation is 2. The van der Waals surface area contributed by atoms with E-state index in [1.165, 1.54) is 7.11 Å². The first-order chi connectivity index (χ1) is 25.7. The Morgan fingerprint density at radius 3 is 2.34 bits per heavy atom. The van der Waals surface area contributed by atoms with Crippen LogP contribution in [0, 0.1) is 6.92 Å². The maximum Gasteiger partial charge on any atom is 0.276 e. The molecule has 5 aromatic rings. The molecule has 1 fully saturated rings. The molecule has 4 heterocycles. The molecule has 3 aromatic heterocycles. The number of rotatable bonds is 17. The van der Waals surface area contributed by atoms with E-state index >= 15 is 0 Å². The van der Waals surface area contributed by atoms with Gasteiger partial charge in [0.05, 0.1) is 43.7 Å². The lowest BCUT2D eigenvalue weighted by Gasteiger charge is -2.26. The lowest BCUT2D eigenvalue weighted by atomic mass is 10.1. The minimum atomic E-state index is -0.612. The number of hydrogen-bond donors (Lipinski definition) is 4. The highest BCUT2D eigenvalue weighted by Gasteiger charge is 2.22. The molecule has 5 N–H and O–H groups in total. The Hall–Kier alpha value is -5.45. The van der Waals surface area contributed by atoms with Crippen LogP contribution in [0.5, 0.6) is 11.5 Å². The maximum absolute atomic E-state index is 13.5. The van der Waals surface area contributed by atoms with Crippen molar-refractivity contribution in [2.24, 2.45) is 5.73 Å². The number of benzene rings is 2. The molecule has 0 spiro atoms. The number of allylic oxidation sites excluding steroid dienone is 2. The summed E-state index contributed by atoms with van der Waals surface area (Å²) in [5.74, 6) is 1.19. The van der Waals surface area contributed by atoms with E-state index in [1.807, 2.05) is 44.7 Å². The average molecular weight is 728 g/mol. The Labute approximate surface area is 308 Å². The van der Waals surface area contributed by atoms with E-state index in [1.54, 1.807) is 22.9 Å². The summed E-state index contributed by atoms with van der Waals surface area (Å²) in [5, 5.41) is 13.8. The number of ether oxygens (including phenoxy) is 3. The van der Waals surface area contributed by atoms with Crippen molar-refractivity contribution in [3.05, 3.63) is 65.0 Å². The summed E-state index contributed by atoms with van der Waals surface area (Å²) in [6, 6.07) is 9.07. The Morgan fingerprint density at radius 1 is 0.962 bits per heavy atom. The van der Waals surface area contributed by atoms with Crippen LogP contribution in [0.2, 0.25) is 0 Å². The monoisotopic (exact) mass is 727 g/mol. The molecule has 0 bridgehead atoms. The minimum absolute atomic E-state index is 0.246. The normalized spacial score (nSPS) is 13.7. The summed E-state index contributed by atoms with van der Waals surface area (Å²) in [4.78, 5) is 37.7. The number of nitrogens with zero attached hydrogens (tertiary/aromatic N) is 7. The lowest BCUT2D eigenvalue weighted by Crippen LogP contribution is -2.37. The van der Waals surface area contributed by atoms with Gasteiger partial charge in [0.2, 0.25) is 17.8 Å². The van der Waals surface area contributed by atoms with Crippen LogP contribution in [0.15, 0.2) is 42.5 Å². The van der Waals surface area contributed by atoms with Gasteiger partial charge >= 0.3 is 0 Å². The van der Waals surface area contributed by atoms with Crippen LogP contribution in [0.3, 0.4) is 0 Å². The number of carbonyl (C=O) groups is 2. The van der Waals surface area contributed by atoms with Gasteiger partial charge in [0.15, 0.2) is 0 Å². The van der Waals surface area contributed by atoms with Gasteiger partial charge in [0.25, 0.3) is 5.91 Å². The van der Waals surface area contributed by atoms with E-state index in [2.05, 4.69) is 42.6 Å². The summed E-state index contributed by atoms with van der Waals surface area (Å²) in [5.41, 5.74) is 10.9. The number of carbonyl (C=O) groups excluding carboxylic acids is 2. The van der Waals surface area contributed by atoms with Crippen molar-refractivity contribution in [2.75, 3.05) is 71.3 Å². The number of hydrogen-bond acceptors (Lipinski definition) is 11. The molecule has 1 saturated heterocycles. The predicted molar refractivity (Wildman–Crippen MR) is 204 cm³/mol. The zero-order valence-electron chi connectivity index (χ0n) is 31.1. The molecule has 1 aliphatic rings. The molecule has 0 saturated carbocycles. The van der Waals surface area contributed by atoms with Crippen molar-refractivity contribution in [2.45, 2.75) is 46.4 Å². The van der Waals surface area contributed by atoms with Crippen LogP contribution >= 0.6 is 0 Å². The number of imidazole rings is 2. The van der Waals surface area contributed by atoms with Crippen LogP contribution in [-0.2, 0) is 30.9 Å². The molecule has 2 aromatic carbocycles. The number of morpholine rings is 1. The molecule has 53 heavy (non-hydrogen) atoms. The number of aromatic nitrogens is 6. The number of primary amides is 1. The zero-order valence-corrected chi connectivity index (χ0v) is 31.1. The lowest BCUT2D eigenvalue weighted by molar-refractivity contribution is 0.0358. The highest BCUT2D eigenvalue weighted by atomic mass is 16.5. The molecule has 1 aliphatic heterocycles. The molecular weight excluding hydrogens is 678 g/mol. The maximum atomic E-state index is 13.5. The minimum Gasteiger partial charge on any atom is -0.494 e. The zero-order chi connectivity index (χ0) is 37.5. The van der Waals surface area contributed by atoms with Gasteiger partial charge in [0.1, 0.15) is 28.2 Å². The number of amides is 2. The topological polar surface area (TPSA) is 181 Å². The largest absolute Gasteiger partial charge is 0.494 e. The van der Waals surface area contributed by atoms with Crippen LogP contribution in [0.1, 0.15) is 45.4 Å². The third-order valence-electron chi connectivity index (χ3n) is 9.16. The van der Waals surface area contributed by atoms with Crippen LogP contribution in [-0.4, -0.2) is 106 Å². The van der Waals surface area contributed by atoms with Crippen molar-refractivity contribution < 1.29 is 23.8 Å². The van der Waals surface area contributed by atoms with Crippen molar-refractivity contribution >= 4 is 45.8 Å². The third-order valence-corrected chi connectivity index (χ3v) is 9.16. The van der Waals surface area contributed by atoms with Crippen LogP contribution < -0.4 is 31.2 Å². The highest BCUT2D eigenvalue weighted by molar-refractivity contribution is 6.04. The second-order valence-corrected chi connectivity index (χ2v) is 12.8. The first-order valence-corrected chi connectivity index (χ1v) is 17.9. The Morgan fingerprint density at radius 2 is 1.66 bits per heavy atom. The van der Waals surface area contributed by atoms with Crippen molar-refractivity contribution in [1.82, 2.24) is 39.1 Å². The van der Waals surface area contributed by atoms with Gasteiger partial charge in [-0.05, 0) is 63.2 Å². The summed E-state index contributed by atoms with van der Waals surface area (Å²) < 4.78 is 23.2. The van der Waals surface area contributed by atoms with Gasteiger partial charge in [-0.2, -0.15) is 5.10 Å². The molecule has 0 aliphatic carbocycles. The fraction of sp³-hybridized carbons (Fsp3) is 0.432. The smallest absolute Gasteiger partial charge is 0.276 e. The molecular formula is C37H49N11O5. The molecule has 16 nitrogen and oxygen atoms in total. The van der Waals surface area contributed by atoms with Gasteiger partial charge in [-0.25, -0.2) is 9.97 Å². The van der Waals surface area contributed by atoms with Crippen LogP contribution in [0.25, 0.3) is 22.1 Å². The second kappa shape index (κ2) is 16.9. The van der Waals surface area contributed by atoms with E-state index in [9.17, 15) is 9.59 Å². The number of nitrogens with two attached hydrogens (primary N) is 1. The number of fused-ring (bicyclic) bond motifs is 2. The predicted octanol–water partition coefficient (Wildman–Crippen LogP) is 3.39. The van der Waals surface area contributed by atoms with E-state index in [0.717, 1.165) is 67.3 Å². The van der Waals surface area contributed by atoms with E-state index in [4.69, 9.17) is 29.9 Å². The third kappa shape index (κ3) is 8.29. The van der Waals surface area contributed by atoms with Crippen molar-refractivity contribution in [3.8, 4) is 11.5 Å². The fourth-order valence-corrected chi connectivity index (χ4v) is 6.66. The summed E-state index contributed by atoms with van der Waals surface area (Å²) in [6.07, 6.45) is 4.91. The van der Waals surface area contributed by atoms with Crippen LogP contribution in [0.4, 0.5) is 11.9 Å². The SMILES string of the molecule is CCn1nc(C)cc1C(=O)Nc1nc2cc(C(N)=O)cc(OC)c2n1C/C=C/Cn1c(NC)nc2cc(CNC)cc(OCCCN3CCOCC3)c21. The standard InChI is InChI=1S/C37H49N11O5/c1-6-48-29(18-24(2)44-48)35(50)43-37-42-28-21-26(34(38)49)22-30(51-5)32(28)47(37)12-8-7-11-46-33-27(41-36(46)40-4)19-25(23-39-3)20-31(33)53-15-9-10-45-13-16-52-17-14-45/h7-8,18-22,39H,6,9-17,23H2,1-5H3,(H2,38,49)(H,40,41)(H,42,43,50)/b8-7+. The van der Waals surface area contributed by atoms with Gasteiger partial charge in [-0.3, -0.25) is 24.5 Å². The first-order valence-electron chi connectivity index (χ1n) is 17.9. The van der Waals surface area contributed by atoms with Gasteiger partial charge in [0, 0.05) is 58.4 Å². The molecule has 0 unspecified atom stereocenters. The van der Waals surface area contributed by atoms with Gasteiger partial charge in [-0.15, -0.1) is 0 Å². The summed E-state index contributed by atoms with van der Waals surface area (Å²) in [6.45, 7) is 10.7. The Balaban J connectivity index is 1.29. The van der Waals surface area contributed by atoms with E-state index in [-0.39, 0.29) is 17.4 Å². The summed E-state index contributed by atoms with van der Waals surface area (Å²) in [7, 11) is 5.29. The molecule has 16 heteroatoms. The number of methoxy groups -OCH3 is 1. The fourth-order valence-electron chi connectivity index (χ4n) is 6.66. The second-order valence-electron chi connectivity index (χ2n) is 12.8. The van der Waals surface area contributed by atoms with E-state index in [0.29, 0.717) is 61.2 Å². The molecule has 2 amide bonds. The molecule has 6 rings (SSSR count). The highest BCUT2D eigenvalue weighted by Crippen LogP contribution is 2.33.